The topological polar surface area (TPSA) is 64.9 Å². The molecule has 4 rings (SSSR count). The van der Waals surface area contributed by atoms with Crippen LogP contribution in [0.1, 0.15) is 55.4 Å². The second-order valence-corrected chi connectivity index (χ2v) is 13.5. The number of anilines is 1. The summed E-state index contributed by atoms with van der Waals surface area (Å²) in [5, 5.41) is 17.3. The molecule has 0 aromatic heterocycles. The number of hydrogen-bond acceptors (Lipinski definition) is 3. The number of benzene rings is 3. The van der Waals surface area contributed by atoms with Gasteiger partial charge in [-0.15, -0.1) is 0 Å². The molecule has 2 N–H and O–H groups in total. The van der Waals surface area contributed by atoms with Gasteiger partial charge in [-0.25, -0.2) is 8.78 Å². The fourth-order valence-corrected chi connectivity index (χ4v) is 6.45. The van der Waals surface area contributed by atoms with Crippen LogP contribution in [0.5, 0.6) is 0 Å². The highest BCUT2D eigenvalue weighted by Gasteiger charge is 2.61. The van der Waals surface area contributed by atoms with E-state index in [2.05, 4.69) is 39.3 Å². The third-order valence-corrected chi connectivity index (χ3v) is 9.66. The summed E-state index contributed by atoms with van der Waals surface area (Å²) in [6, 6.07) is 12.9. The van der Waals surface area contributed by atoms with E-state index in [1.54, 1.807) is 6.07 Å². The molecule has 1 fully saturated rings. The van der Waals surface area contributed by atoms with Crippen LogP contribution >= 0.6 is 45.8 Å². The third-order valence-electron chi connectivity index (χ3n) is 7.44. The van der Waals surface area contributed by atoms with E-state index in [-0.39, 0.29) is 26.6 Å². The molecule has 1 aliphatic heterocycles. The zero-order chi connectivity index (χ0) is 29.6. The average Bonchev–Trinajstić information content (AvgIpc) is 3.17. The van der Waals surface area contributed by atoms with E-state index in [9.17, 15) is 10.1 Å². The van der Waals surface area contributed by atoms with Gasteiger partial charge in [0.15, 0.2) is 0 Å². The molecule has 1 saturated heterocycles. The first kappa shape index (κ1) is 30.7. The summed E-state index contributed by atoms with van der Waals surface area (Å²) < 4.78 is 32.6. The third kappa shape index (κ3) is 5.74. The van der Waals surface area contributed by atoms with Crippen molar-refractivity contribution in [1.29, 1.82) is 5.26 Å². The maximum Gasteiger partial charge on any atom is 0.242 e. The van der Waals surface area contributed by atoms with Crippen molar-refractivity contribution in [2.24, 2.45) is 5.41 Å². The Morgan fingerprint density at radius 3 is 2.35 bits per heavy atom. The van der Waals surface area contributed by atoms with Gasteiger partial charge in [-0.05, 0) is 95.3 Å². The predicted octanol–water partition coefficient (Wildman–Crippen LogP) is 8.45. The van der Waals surface area contributed by atoms with Gasteiger partial charge in [-0.3, -0.25) is 4.79 Å². The second-order valence-electron chi connectivity index (χ2n) is 11.6. The molecule has 0 aliphatic carbocycles. The van der Waals surface area contributed by atoms with Crippen molar-refractivity contribution in [3.8, 4) is 6.07 Å². The Kier molecular flexibility index (Phi) is 8.87. The van der Waals surface area contributed by atoms with E-state index in [1.807, 2.05) is 46.8 Å². The van der Waals surface area contributed by atoms with Crippen molar-refractivity contribution < 1.29 is 13.6 Å². The van der Waals surface area contributed by atoms with E-state index in [1.165, 1.54) is 24.3 Å². The van der Waals surface area contributed by atoms with Crippen molar-refractivity contribution in [2.45, 2.75) is 64.5 Å². The number of carbonyl (C=O) groups is 1. The molecule has 9 heteroatoms. The molecule has 4 nitrogen and oxygen atoms in total. The van der Waals surface area contributed by atoms with Crippen LogP contribution in [0, 0.1) is 45.8 Å². The minimum absolute atomic E-state index is 0.0433. The predicted molar refractivity (Wildman–Crippen MR) is 165 cm³/mol. The van der Waals surface area contributed by atoms with Crippen LogP contribution in [0.4, 0.5) is 14.5 Å². The van der Waals surface area contributed by atoms with Gasteiger partial charge in [-0.1, -0.05) is 62.2 Å². The van der Waals surface area contributed by atoms with Crippen molar-refractivity contribution in [3.05, 3.63) is 96.0 Å². The SMILES string of the molecule is Cc1cc(NC(=O)C2N[C@@H](CC(C)(C)C)[C@](C#N)(c3ccc(Cl)cc3F)[C@H]2c2cccc(Cl)c2F)cc(C)c1I. The fourth-order valence-electron chi connectivity index (χ4n) is 5.79. The Morgan fingerprint density at radius 1 is 1.12 bits per heavy atom. The number of halogens is 5. The van der Waals surface area contributed by atoms with E-state index >= 15 is 8.78 Å². The van der Waals surface area contributed by atoms with Crippen LogP contribution in [-0.2, 0) is 10.2 Å². The van der Waals surface area contributed by atoms with Crippen LogP contribution in [0.3, 0.4) is 0 Å². The number of hydrogen-bond donors (Lipinski definition) is 2. The zero-order valence-electron chi connectivity index (χ0n) is 22.8. The zero-order valence-corrected chi connectivity index (χ0v) is 26.5. The Morgan fingerprint density at radius 2 is 1.77 bits per heavy atom. The summed E-state index contributed by atoms with van der Waals surface area (Å²) >= 11 is 14.5. The molecule has 0 bridgehead atoms. The summed E-state index contributed by atoms with van der Waals surface area (Å²) in [5.74, 6) is -3.03. The second kappa shape index (κ2) is 11.6. The highest BCUT2D eigenvalue weighted by atomic mass is 127. The molecule has 1 aliphatic rings. The molecule has 40 heavy (non-hydrogen) atoms. The smallest absolute Gasteiger partial charge is 0.242 e. The normalized spacial score (nSPS) is 22.7. The van der Waals surface area contributed by atoms with Crippen molar-refractivity contribution in [2.75, 3.05) is 5.32 Å². The maximum absolute atomic E-state index is 15.8. The Labute approximate surface area is 257 Å². The number of nitriles is 1. The Balaban J connectivity index is 1.96. The van der Waals surface area contributed by atoms with Crippen LogP contribution in [0.15, 0.2) is 48.5 Å². The quantitative estimate of drug-likeness (QED) is 0.263. The molecule has 1 heterocycles. The van der Waals surface area contributed by atoms with E-state index < -0.39 is 41.0 Å². The molecule has 3 aromatic rings. The number of aryl methyl sites for hydroxylation is 2. The Bertz CT molecular complexity index is 1490. The first-order chi connectivity index (χ1) is 18.7. The fraction of sp³-hybridized carbons (Fsp3) is 0.355. The molecule has 1 unspecified atom stereocenters. The number of rotatable bonds is 5. The highest BCUT2D eigenvalue weighted by molar-refractivity contribution is 14.1. The number of carbonyl (C=O) groups excluding carboxylic acids is 1. The van der Waals surface area contributed by atoms with Gasteiger partial charge in [0, 0.05) is 31.8 Å². The minimum atomic E-state index is -1.67. The molecule has 1 amide bonds. The summed E-state index contributed by atoms with van der Waals surface area (Å²) in [6.45, 7) is 9.88. The molecule has 0 saturated carbocycles. The molecule has 210 valence electrons. The van der Waals surface area contributed by atoms with E-state index in [4.69, 9.17) is 23.2 Å². The van der Waals surface area contributed by atoms with Gasteiger partial charge in [0.25, 0.3) is 0 Å². The summed E-state index contributed by atoms with van der Waals surface area (Å²) in [6.07, 6.45) is 0.396. The lowest BCUT2D eigenvalue weighted by atomic mass is 9.62. The lowest BCUT2D eigenvalue weighted by molar-refractivity contribution is -0.118. The average molecular weight is 696 g/mol. The number of nitrogens with one attached hydrogen (secondary N) is 2. The standard InChI is InChI=1S/C31H30Cl2F2IN3O/c1-16-11-19(12-17(2)27(16)36)38-29(40)28-25(20-7-6-8-22(33)26(20)35)31(15-37,24(39-28)14-30(3,4)5)21-10-9-18(32)13-23(21)34/h6-13,24-25,28,39H,14H2,1-5H3,(H,38,40)/t24-,25-,28?,31-/m0/s1. The van der Waals surface area contributed by atoms with Gasteiger partial charge >= 0.3 is 0 Å². The van der Waals surface area contributed by atoms with Gasteiger partial charge < -0.3 is 10.6 Å². The van der Waals surface area contributed by atoms with Crippen LogP contribution < -0.4 is 10.6 Å². The Hall–Kier alpha value is -2.25. The number of amides is 1. The maximum atomic E-state index is 15.8. The molecule has 3 aromatic carbocycles. The first-order valence-electron chi connectivity index (χ1n) is 12.8. The molecule has 0 radical (unpaired) electrons. The molecular weight excluding hydrogens is 666 g/mol. The first-order valence-corrected chi connectivity index (χ1v) is 14.7. The van der Waals surface area contributed by atoms with Crippen LogP contribution in [0.2, 0.25) is 10.0 Å². The van der Waals surface area contributed by atoms with E-state index in [0.717, 1.165) is 20.8 Å². The monoisotopic (exact) mass is 695 g/mol. The number of nitrogens with zero attached hydrogens (tertiary/aromatic N) is 1. The summed E-state index contributed by atoms with van der Waals surface area (Å²) in [7, 11) is 0. The van der Waals surface area contributed by atoms with Crippen molar-refractivity contribution >= 4 is 57.4 Å². The van der Waals surface area contributed by atoms with Crippen LogP contribution in [-0.4, -0.2) is 18.0 Å². The molecule has 4 atom stereocenters. The molecular formula is C31H30Cl2F2IN3O. The van der Waals surface area contributed by atoms with Crippen LogP contribution in [0.25, 0.3) is 0 Å². The lowest BCUT2D eigenvalue weighted by Gasteiger charge is -2.37. The van der Waals surface area contributed by atoms with Crippen molar-refractivity contribution in [3.63, 3.8) is 0 Å². The minimum Gasteiger partial charge on any atom is -0.325 e. The van der Waals surface area contributed by atoms with Gasteiger partial charge in [0.1, 0.15) is 17.0 Å². The highest BCUT2D eigenvalue weighted by Crippen LogP contribution is 2.53. The van der Waals surface area contributed by atoms with Gasteiger partial charge in [0.05, 0.1) is 17.1 Å². The summed E-state index contributed by atoms with van der Waals surface area (Å²) in [5.41, 5.74) is 0.667. The van der Waals surface area contributed by atoms with Gasteiger partial charge in [0.2, 0.25) is 5.91 Å². The van der Waals surface area contributed by atoms with Crippen molar-refractivity contribution in [1.82, 2.24) is 5.32 Å². The molecule has 0 spiro atoms. The van der Waals surface area contributed by atoms with Gasteiger partial charge in [-0.2, -0.15) is 5.26 Å². The lowest BCUT2D eigenvalue weighted by Crippen LogP contribution is -2.45. The van der Waals surface area contributed by atoms with E-state index in [0.29, 0.717) is 12.1 Å². The largest absolute Gasteiger partial charge is 0.325 e. The summed E-state index contributed by atoms with van der Waals surface area (Å²) in [4.78, 5) is 14.0.